The fourth-order valence-electron chi connectivity index (χ4n) is 4.35. The molecule has 9 nitrogen and oxygen atoms in total. The number of fused-ring (bicyclic) bond motifs is 1. The van der Waals surface area contributed by atoms with Crippen molar-refractivity contribution in [3.63, 3.8) is 0 Å². The van der Waals surface area contributed by atoms with Crippen LogP contribution in [0.1, 0.15) is 18.7 Å². The molecule has 0 unspecified atom stereocenters. The predicted molar refractivity (Wildman–Crippen MR) is 139 cm³/mol. The molecule has 9 heteroatoms. The Balaban J connectivity index is 1.11. The minimum absolute atomic E-state index is 0.00602. The van der Waals surface area contributed by atoms with Gasteiger partial charge < -0.3 is 25.4 Å². The van der Waals surface area contributed by atoms with Crippen molar-refractivity contribution in [2.24, 2.45) is 5.92 Å². The second-order valence-corrected chi connectivity index (χ2v) is 9.03. The monoisotopic (exact) mass is 470 g/mol. The van der Waals surface area contributed by atoms with Gasteiger partial charge in [-0.3, -0.25) is 4.79 Å². The van der Waals surface area contributed by atoms with E-state index in [0.717, 1.165) is 60.0 Å². The molecule has 1 saturated heterocycles. The second kappa shape index (κ2) is 10.0. The SMILES string of the molecule is CN(C)c1cccc(Nc2ccc(N3CCC(C(=O)NCc4nc5ccccc5[nH]4)CC3)nn2)c1. The molecule has 2 aromatic heterocycles. The van der Waals surface area contributed by atoms with Gasteiger partial charge in [0.1, 0.15) is 5.82 Å². The van der Waals surface area contributed by atoms with Crippen molar-refractivity contribution >= 4 is 40.0 Å². The predicted octanol–water partition coefficient (Wildman–Crippen LogP) is 3.70. The number of hydrogen-bond donors (Lipinski definition) is 3. The summed E-state index contributed by atoms with van der Waals surface area (Å²) in [5, 5.41) is 15.1. The van der Waals surface area contributed by atoms with Gasteiger partial charge in [-0.05, 0) is 55.3 Å². The lowest BCUT2D eigenvalue weighted by Gasteiger charge is -2.31. The van der Waals surface area contributed by atoms with Gasteiger partial charge in [0.2, 0.25) is 5.91 Å². The molecule has 0 aliphatic carbocycles. The molecule has 1 amide bonds. The topological polar surface area (TPSA) is 102 Å². The minimum atomic E-state index is -0.00602. The van der Waals surface area contributed by atoms with Gasteiger partial charge in [-0.1, -0.05) is 18.2 Å². The Labute approximate surface area is 204 Å². The maximum Gasteiger partial charge on any atom is 0.223 e. The van der Waals surface area contributed by atoms with Gasteiger partial charge in [0.15, 0.2) is 11.6 Å². The van der Waals surface area contributed by atoms with Crippen molar-refractivity contribution in [2.45, 2.75) is 19.4 Å². The Hall–Kier alpha value is -4.14. The molecule has 3 heterocycles. The molecule has 3 N–H and O–H groups in total. The van der Waals surface area contributed by atoms with E-state index in [4.69, 9.17) is 0 Å². The summed E-state index contributed by atoms with van der Waals surface area (Å²) in [7, 11) is 4.03. The molecule has 0 bridgehead atoms. The van der Waals surface area contributed by atoms with Gasteiger partial charge >= 0.3 is 0 Å². The summed E-state index contributed by atoms with van der Waals surface area (Å²) in [5.74, 6) is 2.38. The summed E-state index contributed by atoms with van der Waals surface area (Å²) in [6, 6.07) is 19.9. The Bertz CT molecular complexity index is 1260. The maximum atomic E-state index is 12.7. The highest BCUT2D eigenvalue weighted by Gasteiger charge is 2.25. The number of aromatic amines is 1. The standard InChI is InChI=1S/C26H30N8O/c1-33(2)20-7-5-6-19(16-20)28-23-10-11-25(32-31-23)34-14-12-18(13-15-34)26(35)27-17-24-29-21-8-3-4-9-22(21)30-24/h3-11,16,18H,12-15,17H2,1-2H3,(H,27,35)(H,28,31)(H,29,30). The van der Waals surface area contributed by atoms with E-state index >= 15 is 0 Å². The number of amides is 1. The summed E-state index contributed by atoms with van der Waals surface area (Å²) in [4.78, 5) is 24.7. The third kappa shape index (κ3) is 5.34. The van der Waals surface area contributed by atoms with Gasteiger partial charge in [0.25, 0.3) is 0 Å². The van der Waals surface area contributed by atoms with E-state index in [2.05, 4.69) is 52.7 Å². The maximum absolute atomic E-state index is 12.7. The van der Waals surface area contributed by atoms with Gasteiger partial charge in [0, 0.05) is 44.5 Å². The minimum Gasteiger partial charge on any atom is -0.378 e. The van der Waals surface area contributed by atoms with Crippen LogP contribution in [0.5, 0.6) is 0 Å². The molecule has 1 aliphatic rings. The number of para-hydroxylation sites is 2. The average Bonchev–Trinajstić information content (AvgIpc) is 3.31. The molecule has 5 rings (SSSR count). The number of anilines is 4. The van der Waals surface area contributed by atoms with Crippen molar-refractivity contribution in [2.75, 3.05) is 42.3 Å². The van der Waals surface area contributed by atoms with Crippen LogP contribution in [0.15, 0.2) is 60.7 Å². The number of H-pyrrole nitrogens is 1. The lowest BCUT2D eigenvalue weighted by atomic mass is 9.96. The first kappa shape index (κ1) is 22.6. The highest BCUT2D eigenvalue weighted by molar-refractivity contribution is 5.79. The van der Waals surface area contributed by atoms with E-state index in [1.165, 1.54) is 0 Å². The van der Waals surface area contributed by atoms with Crippen LogP contribution >= 0.6 is 0 Å². The first-order valence-electron chi connectivity index (χ1n) is 11.9. The molecule has 180 valence electrons. The zero-order valence-corrected chi connectivity index (χ0v) is 20.0. The van der Waals surface area contributed by atoms with Crippen molar-refractivity contribution in [1.82, 2.24) is 25.5 Å². The number of benzene rings is 2. The van der Waals surface area contributed by atoms with Crippen LogP contribution in [-0.2, 0) is 11.3 Å². The van der Waals surface area contributed by atoms with Gasteiger partial charge in [-0.2, -0.15) is 0 Å². The number of imidazole rings is 1. The lowest BCUT2D eigenvalue weighted by molar-refractivity contribution is -0.125. The highest BCUT2D eigenvalue weighted by atomic mass is 16.1. The zero-order chi connectivity index (χ0) is 24.2. The van der Waals surface area contributed by atoms with E-state index < -0.39 is 0 Å². The van der Waals surface area contributed by atoms with E-state index in [9.17, 15) is 4.79 Å². The smallest absolute Gasteiger partial charge is 0.223 e. The number of aromatic nitrogens is 4. The zero-order valence-electron chi connectivity index (χ0n) is 20.0. The number of piperidine rings is 1. The van der Waals surface area contributed by atoms with Crippen LogP contribution in [0.2, 0.25) is 0 Å². The molecule has 0 radical (unpaired) electrons. The average molecular weight is 471 g/mol. The number of nitrogens with one attached hydrogen (secondary N) is 3. The molecular formula is C26H30N8O. The summed E-state index contributed by atoms with van der Waals surface area (Å²) in [6.07, 6.45) is 1.57. The number of carbonyl (C=O) groups excluding carboxylic acids is 1. The molecule has 2 aromatic carbocycles. The van der Waals surface area contributed by atoms with Crippen LogP contribution in [0.4, 0.5) is 23.0 Å². The van der Waals surface area contributed by atoms with Crippen LogP contribution in [-0.4, -0.2) is 53.3 Å². The summed E-state index contributed by atoms with van der Waals surface area (Å²) < 4.78 is 0. The Kier molecular flexibility index (Phi) is 6.47. The van der Waals surface area contributed by atoms with Gasteiger partial charge in [0.05, 0.1) is 17.6 Å². The first-order chi connectivity index (χ1) is 17.0. The molecule has 0 spiro atoms. The van der Waals surface area contributed by atoms with E-state index in [1.807, 2.05) is 62.6 Å². The second-order valence-electron chi connectivity index (χ2n) is 9.03. The van der Waals surface area contributed by atoms with E-state index in [-0.39, 0.29) is 11.8 Å². The molecule has 0 saturated carbocycles. The van der Waals surface area contributed by atoms with Crippen LogP contribution in [0.25, 0.3) is 11.0 Å². The van der Waals surface area contributed by atoms with Crippen molar-refractivity contribution in [1.29, 1.82) is 0 Å². The van der Waals surface area contributed by atoms with Crippen molar-refractivity contribution in [3.05, 3.63) is 66.5 Å². The Morgan fingerprint density at radius 3 is 2.63 bits per heavy atom. The number of rotatable bonds is 7. The normalized spacial score (nSPS) is 14.2. The lowest BCUT2D eigenvalue weighted by Crippen LogP contribution is -2.40. The van der Waals surface area contributed by atoms with Gasteiger partial charge in [-0.25, -0.2) is 4.98 Å². The summed E-state index contributed by atoms with van der Waals surface area (Å²) in [5.41, 5.74) is 3.97. The molecule has 1 aliphatic heterocycles. The quantitative estimate of drug-likeness (QED) is 0.379. The number of nitrogens with zero attached hydrogens (tertiary/aromatic N) is 5. The third-order valence-corrected chi connectivity index (χ3v) is 6.34. The summed E-state index contributed by atoms with van der Waals surface area (Å²) >= 11 is 0. The molecule has 4 aromatic rings. The van der Waals surface area contributed by atoms with Crippen LogP contribution in [0, 0.1) is 5.92 Å². The number of hydrogen-bond acceptors (Lipinski definition) is 7. The van der Waals surface area contributed by atoms with Crippen LogP contribution in [0.3, 0.4) is 0 Å². The van der Waals surface area contributed by atoms with Crippen LogP contribution < -0.4 is 20.4 Å². The molecule has 0 atom stereocenters. The molecule has 35 heavy (non-hydrogen) atoms. The van der Waals surface area contributed by atoms with Gasteiger partial charge in [-0.15, -0.1) is 10.2 Å². The Morgan fingerprint density at radius 1 is 1.06 bits per heavy atom. The third-order valence-electron chi connectivity index (χ3n) is 6.34. The fraction of sp³-hybridized carbons (Fsp3) is 0.308. The fourth-order valence-corrected chi connectivity index (χ4v) is 4.35. The van der Waals surface area contributed by atoms with E-state index in [1.54, 1.807) is 0 Å². The largest absolute Gasteiger partial charge is 0.378 e. The Morgan fingerprint density at radius 2 is 1.89 bits per heavy atom. The highest BCUT2D eigenvalue weighted by Crippen LogP contribution is 2.24. The van der Waals surface area contributed by atoms with Crippen molar-refractivity contribution in [3.8, 4) is 0 Å². The first-order valence-corrected chi connectivity index (χ1v) is 11.9. The van der Waals surface area contributed by atoms with Crippen molar-refractivity contribution < 1.29 is 4.79 Å². The molecular weight excluding hydrogens is 440 g/mol. The molecule has 1 fully saturated rings. The summed E-state index contributed by atoms with van der Waals surface area (Å²) in [6.45, 7) is 1.95. The number of carbonyl (C=O) groups is 1. The van der Waals surface area contributed by atoms with E-state index in [0.29, 0.717) is 12.4 Å².